The van der Waals surface area contributed by atoms with Crippen molar-refractivity contribution in [2.45, 2.75) is 31.4 Å². The molecule has 1 aromatic heterocycles. The lowest BCUT2D eigenvalue weighted by molar-refractivity contribution is 0.133. The van der Waals surface area contributed by atoms with Crippen LogP contribution in [0.5, 0.6) is 5.75 Å². The van der Waals surface area contributed by atoms with E-state index in [2.05, 4.69) is 20.6 Å². The average molecular weight is 502 g/mol. The van der Waals surface area contributed by atoms with Gasteiger partial charge in [-0.05, 0) is 37.1 Å². The third kappa shape index (κ3) is 5.33. The molecule has 2 aliphatic rings. The van der Waals surface area contributed by atoms with Crippen LogP contribution in [0, 0.1) is 5.82 Å². The van der Waals surface area contributed by atoms with Gasteiger partial charge in [-0.15, -0.1) is 0 Å². The van der Waals surface area contributed by atoms with Crippen LogP contribution in [0.1, 0.15) is 19.3 Å². The van der Waals surface area contributed by atoms with Gasteiger partial charge in [0.15, 0.2) is 0 Å². The minimum Gasteiger partial charge on any atom is -0.486 e. The van der Waals surface area contributed by atoms with E-state index in [1.807, 2.05) is 12.1 Å². The number of carbonyl (C=O) groups is 1. The van der Waals surface area contributed by atoms with E-state index in [1.54, 1.807) is 6.07 Å². The second kappa shape index (κ2) is 10.1. The Bertz CT molecular complexity index is 1230. The average Bonchev–Trinajstić information content (AvgIpc) is 3.36. The number of hydrogen-bond acceptors (Lipinski definition) is 7. The number of fused-ring (bicyclic) bond motifs is 1. The van der Waals surface area contributed by atoms with E-state index in [0.29, 0.717) is 61.9 Å². The summed E-state index contributed by atoms with van der Waals surface area (Å²) < 4.78 is 25.3. The highest BCUT2D eigenvalue weighted by atomic mass is 35.5. The molecule has 1 unspecified atom stereocenters. The van der Waals surface area contributed by atoms with Gasteiger partial charge in [0.05, 0.1) is 29.4 Å². The molecule has 2 aromatic carbocycles. The van der Waals surface area contributed by atoms with E-state index in [4.69, 9.17) is 21.1 Å². The van der Waals surface area contributed by atoms with E-state index in [-0.39, 0.29) is 17.2 Å². The molecule has 5 rings (SSSR count). The predicted molar refractivity (Wildman–Crippen MR) is 130 cm³/mol. The molecule has 3 heterocycles. The van der Waals surface area contributed by atoms with Crippen molar-refractivity contribution in [1.82, 2.24) is 14.9 Å². The SMILES string of the molecule is O=C(O)N1CCC(Nc2cc3c(Nc4ccc(F)c(Cl)c4)ncnc3cc2OC2CCOC2)CC1. The summed E-state index contributed by atoms with van der Waals surface area (Å²) >= 11 is 5.94. The number of rotatable bonds is 6. The highest BCUT2D eigenvalue weighted by Crippen LogP contribution is 2.36. The molecular weight excluding hydrogens is 477 g/mol. The van der Waals surface area contributed by atoms with E-state index < -0.39 is 11.9 Å². The van der Waals surface area contributed by atoms with E-state index in [0.717, 1.165) is 17.5 Å². The van der Waals surface area contributed by atoms with Crippen molar-refractivity contribution in [2.24, 2.45) is 0 Å². The van der Waals surface area contributed by atoms with Crippen LogP contribution in [-0.2, 0) is 4.74 Å². The summed E-state index contributed by atoms with van der Waals surface area (Å²) in [5, 5.41) is 16.7. The molecule has 1 amide bonds. The Hall–Kier alpha value is -3.37. The summed E-state index contributed by atoms with van der Waals surface area (Å²) in [4.78, 5) is 21.5. The molecule has 1 atom stereocenters. The van der Waals surface area contributed by atoms with Crippen LogP contribution in [-0.4, -0.2) is 64.5 Å². The van der Waals surface area contributed by atoms with Crippen molar-refractivity contribution in [3.05, 3.63) is 47.5 Å². The topological polar surface area (TPSA) is 109 Å². The number of carboxylic acid groups (broad SMARTS) is 1. The fourth-order valence-corrected chi connectivity index (χ4v) is 4.51. The molecule has 2 saturated heterocycles. The second-order valence-corrected chi connectivity index (χ2v) is 9.04. The van der Waals surface area contributed by atoms with Crippen LogP contribution in [0.15, 0.2) is 36.7 Å². The Labute approximate surface area is 206 Å². The molecule has 11 heteroatoms. The second-order valence-electron chi connectivity index (χ2n) is 8.63. The normalized spacial score (nSPS) is 18.6. The lowest BCUT2D eigenvalue weighted by Crippen LogP contribution is -2.41. The molecule has 3 N–H and O–H groups in total. The first kappa shape index (κ1) is 23.4. The summed E-state index contributed by atoms with van der Waals surface area (Å²) in [6, 6.07) is 8.26. The first-order valence-corrected chi connectivity index (χ1v) is 11.8. The van der Waals surface area contributed by atoms with Crippen LogP contribution in [0.25, 0.3) is 10.9 Å². The van der Waals surface area contributed by atoms with Crippen LogP contribution >= 0.6 is 11.6 Å². The molecule has 2 fully saturated rings. The fraction of sp³-hybridized carbons (Fsp3) is 0.375. The van der Waals surface area contributed by atoms with Gasteiger partial charge in [-0.2, -0.15) is 0 Å². The number of nitrogens with one attached hydrogen (secondary N) is 2. The van der Waals surface area contributed by atoms with Gasteiger partial charge >= 0.3 is 6.09 Å². The van der Waals surface area contributed by atoms with Gasteiger partial charge in [0.25, 0.3) is 0 Å². The highest BCUT2D eigenvalue weighted by molar-refractivity contribution is 6.31. The van der Waals surface area contributed by atoms with Crippen molar-refractivity contribution >= 4 is 45.8 Å². The fourth-order valence-electron chi connectivity index (χ4n) is 4.32. The number of ether oxygens (including phenoxy) is 2. The number of likely N-dealkylation sites (tertiary alicyclic amines) is 1. The van der Waals surface area contributed by atoms with Crippen molar-refractivity contribution in [1.29, 1.82) is 0 Å². The molecule has 3 aromatic rings. The number of halogens is 2. The standard InChI is InChI=1S/C24H25ClFN5O4/c25-18-9-15(1-2-19(18)26)30-23-17-10-21(29-14-3-6-31(7-4-14)24(32)33)22(11-20(17)27-13-28-23)35-16-5-8-34-12-16/h1-2,9-11,13-14,16,29H,3-8,12H2,(H,32,33)(H,27,28,30). The zero-order chi connectivity index (χ0) is 24.4. The first-order chi connectivity index (χ1) is 17.0. The quantitative estimate of drug-likeness (QED) is 0.438. The van der Waals surface area contributed by atoms with Gasteiger partial charge < -0.3 is 30.1 Å². The maximum atomic E-state index is 13.6. The summed E-state index contributed by atoms with van der Waals surface area (Å²) in [6.45, 7) is 2.12. The number of amides is 1. The number of benzene rings is 2. The summed E-state index contributed by atoms with van der Waals surface area (Å²) in [5.74, 6) is 0.697. The van der Waals surface area contributed by atoms with Gasteiger partial charge in [-0.25, -0.2) is 19.2 Å². The van der Waals surface area contributed by atoms with Crippen LogP contribution < -0.4 is 15.4 Å². The van der Waals surface area contributed by atoms with Crippen molar-refractivity contribution < 1.29 is 23.8 Å². The Morgan fingerprint density at radius 1 is 1.20 bits per heavy atom. The minimum atomic E-state index is -0.895. The van der Waals surface area contributed by atoms with E-state index in [1.165, 1.54) is 23.4 Å². The van der Waals surface area contributed by atoms with Crippen molar-refractivity contribution in [2.75, 3.05) is 36.9 Å². The van der Waals surface area contributed by atoms with Gasteiger partial charge in [-0.1, -0.05) is 11.6 Å². The molecule has 35 heavy (non-hydrogen) atoms. The molecule has 184 valence electrons. The number of hydrogen-bond donors (Lipinski definition) is 3. The molecule has 0 bridgehead atoms. The Morgan fingerprint density at radius 2 is 2.03 bits per heavy atom. The van der Waals surface area contributed by atoms with Crippen LogP contribution in [0.3, 0.4) is 0 Å². The van der Waals surface area contributed by atoms with E-state index >= 15 is 0 Å². The van der Waals surface area contributed by atoms with Gasteiger partial charge in [0.1, 0.15) is 29.8 Å². The molecule has 0 saturated carbocycles. The highest BCUT2D eigenvalue weighted by Gasteiger charge is 2.25. The zero-order valence-corrected chi connectivity index (χ0v) is 19.6. The summed E-state index contributed by atoms with van der Waals surface area (Å²) in [6.07, 6.45) is 2.67. The molecule has 0 aliphatic carbocycles. The first-order valence-electron chi connectivity index (χ1n) is 11.5. The zero-order valence-electron chi connectivity index (χ0n) is 18.8. The van der Waals surface area contributed by atoms with Gasteiger partial charge in [0.2, 0.25) is 0 Å². The number of aromatic nitrogens is 2. The van der Waals surface area contributed by atoms with Gasteiger partial charge in [0, 0.05) is 42.7 Å². The Morgan fingerprint density at radius 3 is 2.74 bits per heavy atom. The summed E-state index contributed by atoms with van der Waals surface area (Å²) in [7, 11) is 0. The number of anilines is 3. The van der Waals surface area contributed by atoms with Crippen molar-refractivity contribution in [3.63, 3.8) is 0 Å². The third-order valence-corrected chi connectivity index (χ3v) is 6.52. The maximum absolute atomic E-state index is 13.6. The van der Waals surface area contributed by atoms with Crippen molar-refractivity contribution in [3.8, 4) is 5.75 Å². The lowest BCUT2D eigenvalue weighted by atomic mass is 10.0. The Balaban J connectivity index is 1.46. The largest absolute Gasteiger partial charge is 0.486 e. The van der Waals surface area contributed by atoms with Crippen LogP contribution in [0.2, 0.25) is 5.02 Å². The Kier molecular flexibility index (Phi) is 6.74. The molecule has 0 radical (unpaired) electrons. The number of piperidine rings is 1. The maximum Gasteiger partial charge on any atom is 0.407 e. The molecule has 2 aliphatic heterocycles. The third-order valence-electron chi connectivity index (χ3n) is 6.23. The number of nitrogens with zero attached hydrogens (tertiary/aromatic N) is 3. The van der Waals surface area contributed by atoms with E-state index in [9.17, 15) is 14.3 Å². The molecule has 9 nitrogen and oxygen atoms in total. The lowest BCUT2D eigenvalue weighted by Gasteiger charge is -2.31. The predicted octanol–water partition coefficient (Wildman–Crippen LogP) is 4.89. The van der Waals surface area contributed by atoms with Gasteiger partial charge in [-0.3, -0.25) is 0 Å². The monoisotopic (exact) mass is 501 g/mol. The summed E-state index contributed by atoms with van der Waals surface area (Å²) in [5.41, 5.74) is 2.04. The molecule has 0 spiro atoms. The minimum absolute atomic E-state index is 0.0119. The molecular formula is C24H25ClFN5O4. The van der Waals surface area contributed by atoms with Crippen LogP contribution in [0.4, 0.5) is 26.4 Å². The smallest absolute Gasteiger partial charge is 0.407 e.